The lowest BCUT2D eigenvalue weighted by molar-refractivity contribution is -0.166. The number of hydrogen-bond donors (Lipinski definition) is 1. The van der Waals surface area contributed by atoms with Crippen LogP contribution in [0.5, 0.6) is 0 Å². The largest absolute Gasteiger partial charge is 0.459 e. The van der Waals surface area contributed by atoms with Crippen LogP contribution in [0, 0.1) is 0 Å². The quantitative estimate of drug-likeness (QED) is 0.347. The molecule has 0 aliphatic heterocycles. The van der Waals surface area contributed by atoms with Crippen LogP contribution in [0.3, 0.4) is 0 Å². The fourth-order valence-electron chi connectivity index (χ4n) is 3.17. The topological polar surface area (TPSA) is 94.2 Å². The van der Waals surface area contributed by atoms with Gasteiger partial charge in [0.15, 0.2) is 0 Å². The molecule has 1 atom stereocenters. The molecule has 0 aliphatic carbocycles. The van der Waals surface area contributed by atoms with Crippen molar-refractivity contribution >= 4 is 18.0 Å². The molecule has 0 saturated heterocycles. The molecule has 11 heteroatoms. The Bertz CT molecular complexity index is 1010. The van der Waals surface area contributed by atoms with E-state index in [4.69, 9.17) is 14.2 Å². The molecule has 0 aromatic heterocycles. The van der Waals surface area contributed by atoms with Crippen LogP contribution in [-0.2, 0) is 37.0 Å². The Balaban J connectivity index is 2.14. The third-order valence-corrected chi connectivity index (χ3v) is 4.63. The minimum Gasteiger partial charge on any atom is -0.459 e. The number of benzene rings is 2. The van der Waals surface area contributed by atoms with Gasteiger partial charge in [-0.05, 0) is 31.9 Å². The second-order valence-electron chi connectivity index (χ2n) is 9.22. The van der Waals surface area contributed by atoms with E-state index in [1.165, 1.54) is 0 Å². The van der Waals surface area contributed by atoms with E-state index < -0.39 is 55.5 Å². The second kappa shape index (κ2) is 13.6. The molecule has 0 unspecified atom stereocenters. The van der Waals surface area contributed by atoms with E-state index in [0.29, 0.717) is 16.0 Å². The summed E-state index contributed by atoms with van der Waals surface area (Å²) in [5, 5.41) is 2.26. The fourth-order valence-corrected chi connectivity index (χ4v) is 3.17. The third-order valence-electron chi connectivity index (χ3n) is 4.63. The van der Waals surface area contributed by atoms with E-state index in [0.717, 1.165) is 0 Å². The van der Waals surface area contributed by atoms with Gasteiger partial charge in [-0.2, -0.15) is 13.2 Å². The SMILES string of the molecule is CC(C)(C)OC(=O)CN(C[C@H](NC(=O)OCc1ccccc1)C(=O)OCc1ccccc1)CC(F)(F)F. The first-order valence-corrected chi connectivity index (χ1v) is 11.5. The number of rotatable bonds is 11. The lowest BCUT2D eigenvalue weighted by Gasteiger charge is -2.28. The molecule has 0 fully saturated rings. The maximum absolute atomic E-state index is 13.3. The lowest BCUT2D eigenvalue weighted by Crippen LogP contribution is -2.52. The molecule has 0 spiro atoms. The molecule has 0 heterocycles. The van der Waals surface area contributed by atoms with Crippen LogP contribution >= 0.6 is 0 Å². The van der Waals surface area contributed by atoms with Crippen LogP contribution in [0.15, 0.2) is 60.7 Å². The molecule has 202 valence electrons. The van der Waals surface area contributed by atoms with Gasteiger partial charge in [0.25, 0.3) is 0 Å². The molecular weight excluding hydrogens is 493 g/mol. The molecule has 2 rings (SSSR count). The fraction of sp³-hybridized carbons (Fsp3) is 0.423. The lowest BCUT2D eigenvalue weighted by atomic mass is 10.2. The van der Waals surface area contributed by atoms with E-state index in [1.54, 1.807) is 81.4 Å². The summed E-state index contributed by atoms with van der Waals surface area (Å²) in [7, 11) is 0. The number of nitrogens with one attached hydrogen (secondary N) is 1. The summed E-state index contributed by atoms with van der Waals surface area (Å²) >= 11 is 0. The first kappa shape index (κ1) is 29.6. The highest BCUT2D eigenvalue weighted by molar-refractivity contribution is 5.81. The van der Waals surface area contributed by atoms with Crippen molar-refractivity contribution in [3.63, 3.8) is 0 Å². The number of amides is 1. The van der Waals surface area contributed by atoms with Crippen LogP contribution in [0.25, 0.3) is 0 Å². The summed E-state index contributed by atoms with van der Waals surface area (Å²) in [5.41, 5.74) is 0.390. The van der Waals surface area contributed by atoms with E-state index in [2.05, 4.69) is 5.32 Å². The Morgan fingerprint density at radius 1 is 0.865 bits per heavy atom. The zero-order valence-corrected chi connectivity index (χ0v) is 20.9. The van der Waals surface area contributed by atoms with Gasteiger partial charge in [0, 0.05) is 6.54 Å². The number of carbonyl (C=O) groups excluding carboxylic acids is 3. The van der Waals surface area contributed by atoms with Gasteiger partial charge in [0.2, 0.25) is 0 Å². The summed E-state index contributed by atoms with van der Waals surface area (Å²) < 4.78 is 55.3. The molecule has 0 radical (unpaired) electrons. The summed E-state index contributed by atoms with van der Waals surface area (Å²) in [6.07, 6.45) is -5.72. The van der Waals surface area contributed by atoms with Crippen molar-refractivity contribution in [1.82, 2.24) is 10.2 Å². The molecule has 0 bridgehead atoms. The molecule has 1 amide bonds. The highest BCUT2D eigenvalue weighted by atomic mass is 19.4. The number of hydrogen-bond acceptors (Lipinski definition) is 7. The van der Waals surface area contributed by atoms with E-state index >= 15 is 0 Å². The molecule has 1 N–H and O–H groups in total. The highest BCUT2D eigenvalue weighted by Crippen LogP contribution is 2.18. The summed E-state index contributed by atoms with van der Waals surface area (Å²) in [6, 6.07) is 15.7. The van der Waals surface area contributed by atoms with Gasteiger partial charge in [0.05, 0.1) is 13.1 Å². The highest BCUT2D eigenvalue weighted by Gasteiger charge is 2.35. The van der Waals surface area contributed by atoms with Crippen molar-refractivity contribution in [1.29, 1.82) is 0 Å². The minimum atomic E-state index is -4.69. The first-order valence-electron chi connectivity index (χ1n) is 11.5. The maximum Gasteiger partial charge on any atom is 0.408 e. The Morgan fingerprint density at radius 2 is 1.38 bits per heavy atom. The zero-order valence-electron chi connectivity index (χ0n) is 20.9. The van der Waals surface area contributed by atoms with E-state index in [9.17, 15) is 27.6 Å². The van der Waals surface area contributed by atoms with Gasteiger partial charge in [0.1, 0.15) is 24.9 Å². The Kier molecular flexibility index (Phi) is 10.9. The van der Waals surface area contributed by atoms with Crippen LogP contribution in [-0.4, -0.2) is 60.4 Å². The molecule has 2 aromatic carbocycles. The van der Waals surface area contributed by atoms with Crippen molar-refractivity contribution in [2.45, 2.75) is 51.8 Å². The number of alkyl carbamates (subject to hydrolysis) is 1. The normalized spacial score (nSPS) is 12.5. The number of esters is 2. The summed E-state index contributed by atoms with van der Waals surface area (Å²) in [4.78, 5) is 38.1. The Hall–Kier alpha value is -3.60. The number of alkyl halides is 3. The molecule has 8 nitrogen and oxygen atoms in total. The van der Waals surface area contributed by atoms with Gasteiger partial charge < -0.3 is 19.5 Å². The van der Waals surface area contributed by atoms with Gasteiger partial charge in [-0.1, -0.05) is 60.7 Å². The second-order valence-corrected chi connectivity index (χ2v) is 9.22. The third kappa shape index (κ3) is 12.8. The molecule has 0 saturated carbocycles. The Morgan fingerprint density at radius 3 is 1.86 bits per heavy atom. The maximum atomic E-state index is 13.3. The van der Waals surface area contributed by atoms with Crippen LogP contribution in [0.1, 0.15) is 31.9 Å². The number of carbonyl (C=O) groups is 3. The number of nitrogens with zero attached hydrogens (tertiary/aromatic N) is 1. The van der Waals surface area contributed by atoms with Crippen LogP contribution in [0.4, 0.5) is 18.0 Å². The van der Waals surface area contributed by atoms with Gasteiger partial charge >= 0.3 is 24.2 Å². The molecule has 0 aliphatic rings. The first-order chi connectivity index (χ1) is 17.3. The smallest absolute Gasteiger partial charge is 0.408 e. The van der Waals surface area contributed by atoms with Gasteiger partial charge in [-0.25, -0.2) is 9.59 Å². The van der Waals surface area contributed by atoms with Crippen molar-refractivity contribution < 1.29 is 41.8 Å². The molecule has 37 heavy (non-hydrogen) atoms. The minimum absolute atomic E-state index is 0.122. The van der Waals surface area contributed by atoms with Crippen LogP contribution < -0.4 is 5.32 Å². The predicted molar refractivity (Wildman–Crippen MR) is 128 cm³/mol. The van der Waals surface area contributed by atoms with Crippen molar-refractivity contribution in [2.24, 2.45) is 0 Å². The summed E-state index contributed by atoms with van der Waals surface area (Å²) in [6.45, 7) is 1.49. The molecule has 2 aromatic rings. The van der Waals surface area contributed by atoms with Gasteiger partial charge in [-0.3, -0.25) is 9.69 Å². The van der Waals surface area contributed by atoms with Crippen molar-refractivity contribution in [2.75, 3.05) is 19.6 Å². The number of halogens is 3. The van der Waals surface area contributed by atoms with Gasteiger partial charge in [-0.15, -0.1) is 0 Å². The van der Waals surface area contributed by atoms with Crippen LogP contribution in [0.2, 0.25) is 0 Å². The standard InChI is InChI=1S/C26H31F3N2O6/c1-25(2,3)37-22(32)15-31(18-26(27,28)29)14-21(23(33)35-16-19-10-6-4-7-11-19)30-24(34)36-17-20-12-8-5-9-13-20/h4-13,21H,14-18H2,1-3H3,(H,30,34)/t21-/m0/s1. The monoisotopic (exact) mass is 524 g/mol. The average molecular weight is 525 g/mol. The summed E-state index contributed by atoms with van der Waals surface area (Å²) in [5.74, 6) is -1.91. The van der Waals surface area contributed by atoms with E-state index in [-0.39, 0.29) is 13.2 Å². The molecular formula is C26H31F3N2O6. The Labute approximate surface area is 213 Å². The zero-order chi connectivity index (χ0) is 27.5. The predicted octanol–water partition coefficient (Wildman–Crippen LogP) is 4.23. The van der Waals surface area contributed by atoms with Crippen molar-refractivity contribution in [3.05, 3.63) is 71.8 Å². The number of ether oxygens (including phenoxy) is 3. The average Bonchev–Trinajstić information content (AvgIpc) is 2.79. The van der Waals surface area contributed by atoms with E-state index in [1.807, 2.05) is 0 Å². The van der Waals surface area contributed by atoms with Crippen molar-refractivity contribution in [3.8, 4) is 0 Å².